The second-order valence-corrected chi connectivity index (χ2v) is 5.22. The number of hydrogen-bond donors (Lipinski definition) is 1. The zero-order valence-electron chi connectivity index (χ0n) is 11.5. The highest BCUT2D eigenvalue weighted by Gasteiger charge is 2.13. The van der Waals surface area contributed by atoms with E-state index in [9.17, 15) is 0 Å². The summed E-state index contributed by atoms with van der Waals surface area (Å²) >= 11 is 0. The predicted octanol–water partition coefficient (Wildman–Crippen LogP) is 2.93. The number of aryl methyl sites for hydroxylation is 1. The fraction of sp³-hybridized carbons (Fsp3) is 0.500. The fourth-order valence-corrected chi connectivity index (χ4v) is 1.68. The number of rotatable bonds is 2. The van der Waals surface area contributed by atoms with Gasteiger partial charge in [0.1, 0.15) is 0 Å². The first kappa shape index (κ1) is 13.6. The lowest BCUT2D eigenvalue weighted by molar-refractivity contribution is 0.580. The first-order chi connectivity index (χ1) is 7.83. The third-order valence-electron chi connectivity index (χ3n) is 2.36. The van der Waals surface area contributed by atoms with E-state index in [0.29, 0.717) is 5.96 Å². The van der Waals surface area contributed by atoms with Crippen LogP contribution in [0.25, 0.3) is 0 Å². The minimum atomic E-state index is -0.151. The number of guanidine groups is 1. The average molecular weight is 233 g/mol. The van der Waals surface area contributed by atoms with Gasteiger partial charge < -0.3 is 10.6 Å². The molecule has 2 N–H and O–H groups in total. The Morgan fingerprint density at radius 3 is 2.47 bits per heavy atom. The van der Waals surface area contributed by atoms with E-state index < -0.39 is 0 Å². The predicted molar refractivity (Wildman–Crippen MR) is 75.6 cm³/mol. The van der Waals surface area contributed by atoms with Crippen LogP contribution in [-0.4, -0.2) is 18.0 Å². The lowest BCUT2D eigenvalue weighted by Crippen LogP contribution is -2.39. The summed E-state index contributed by atoms with van der Waals surface area (Å²) in [4.78, 5) is 6.53. The van der Waals surface area contributed by atoms with E-state index in [0.717, 1.165) is 12.2 Å². The second kappa shape index (κ2) is 5.21. The molecular weight excluding hydrogens is 210 g/mol. The van der Waals surface area contributed by atoms with Crippen molar-refractivity contribution in [1.29, 1.82) is 0 Å². The SMILES string of the molecule is CCN(C(N)=NC(C)(C)C)c1cccc(C)c1. The molecule has 0 aromatic heterocycles. The van der Waals surface area contributed by atoms with Gasteiger partial charge in [0.25, 0.3) is 0 Å². The summed E-state index contributed by atoms with van der Waals surface area (Å²) in [5, 5.41) is 0. The Balaban J connectivity index is 3.04. The maximum atomic E-state index is 6.07. The number of nitrogens with zero attached hydrogens (tertiary/aromatic N) is 2. The smallest absolute Gasteiger partial charge is 0.196 e. The minimum Gasteiger partial charge on any atom is -0.369 e. The summed E-state index contributed by atoms with van der Waals surface area (Å²) in [5.41, 5.74) is 8.24. The van der Waals surface area contributed by atoms with Crippen LogP contribution in [0.15, 0.2) is 29.3 Å². The summed E-state index contributed by atoms with van der Waals surface area (Å²) in [6, 6.07) is 8.29. The molecule has 0 aliphatic rings. The monoisotopic (exact) mass is 233 g/mol. The van der Waals surface area contributed by atoms with Crippen molar-refractivity contribution in [3.8, 4) is 0 Å². The van der Waals surface area contributed by atoms with E-state index in [2.05, 4.69) is 37.0 Å². The third-order valence-corrected chi connectivity index (χ3v) is 2.36. The molecule has 1 aromatic rings. The quantitative estimate of drug-likeness (QED) is 0.630. The van der Waals surface area contributed by atoms with Crippen molar-refractivity contribution in [2.24, 2.45) is 10.7 Å². The summed E-state index contributed by atoms with van der Waals surface area (Å²) in [6.07, 6.45) is 0. The molecule has 0 radical (unpaired) electrons. The van der Waals surface area contributed by atoms with Crippen LogP contribution in [0.3, 0.4) is 0 Å². The molecule has 0 fully saturated rings. The molecule has 0 aliphatic heterocycles. The molecule has 1 aromatic carbocycles. The third kappa shape index (κ3) is 4.10. The normalized spacial score (nSPS) is 12.6. The van der Waals surface area contributed by atoms with Gasteiger partial charge in [-0.1, -0.05) is 12.1 Å². The van der Waals surface area contributed by atoms with Crippen molar-refractivity contribution in [2.75, 3.05) is 11.4 Å². The number of hydrogen-bond acceptors (Lipinski definition) is 1. The minimum absolute atomic E-state index is 0.151. The molecule has 0 unspecified atom stereocenters. The number of benzene rings is 1. The van der Waals surface area contributed by atoms with Crippen molar-refractivity contribution in [3.63, 3.8) is 0 Å². The summed E-state index contributed by atoms with van der Waals surface area (Å²) < 4.78 is 0. The van der Waals surface area contributed by atoms with Gasteiger partial charge >= 0.3 is 0 Å². The van der Waals surface area contributed by atoms with Crippen LogP contribution in [0.1, 0.15) is 33.3 Å². The van der Waals surface area contributed by atoms with E-state index in [1.54, 1.807) is 0 Å². The molecule has 1 rings (SSSR count). The van der Waals surface area contributed by atoms with Gasteiger partial charge in [0.05, 0.1) is 5.54 Å². The molecule has 0 saturated heterocycles. The Kier molecular flexibility index (Phi) is 4.16. The topological polar surface area (TPSA) is 41.6 Å². The van der Waals surface area contributed by atoms with Gasteiger partial charge in [-0.05, 0) is 52.3 Å². The van der Waals surface area contributed by atoms with Crippen LogP contribution in [0.5, 0.6) is 0 Å². The van der Waals surface area contributed by atoms with Crippen molar-refractivity contribution < 1.29 is 0 Å². The first-order valence-corrected chi connectivity index (χ1v) is 6.03. The van der Waals surface area contributed by atoms with Crippen LogP contribution < -0.4 is 10.6 Å². The molecule has 3 heteroatoms. The maximum Gasteiger partial charge on any atom is 0.196 e. The highest BCUT2D eigenvalue weighted by atomic mass is 15.3. The Labute approximate surface area is 104 Å². The number of anilines is 1. The van der Waals surface area contributed by atoms with Gasteiger partial charge in [-0.3, -0.25) is 0 Å². The maximum absolute atomic E-state index is 6.07. The highest BCUT2D eigenvalue weighted by Crippen LogP contribution is 2.16. The Hall–Kier alpha value is -1.51. The van der Waals surface area contributed by atoms with Crippen molar-refractivity contribution in [1.82, 2.24) is 0 Å². The molecular formula is C14H23N3. The van der Waals surface area contributed by atoms with Crippen LogP contribution in [0, 0.1) is 6.92 Å². The van der Waals surface area contributed by atoms with E-state index in [1.165, 1.54) is 5.56 Å². The molecule has 0 spiro atoms. The Morgan fingerprint density at radius 2 is 2.00 bits per heavy atom. The van der Waals surface area contributed by atoms with Crippen LogP contribution in [-0.2, 0) is 0 Å². The molecule has 0 bridgehead atoms. The van der Waals surface area contributed by atoms with Gasteiger partial charge in [0, 0.05) is 12.2 Å². The molecule has 0 aliphatic carbocycles. The zero-order chi connectivity index (χ0) is 13.1. The van der Waals surface area contributed by atoms with Crippen LogP contribution >= 0.6 is 0 Å². The molecule has 0 atom stereocenters. The van der Waals surface area contributed by atoms with Crippen molar-refractivity contribution >= 4 is 11.6 Å². The van der Waals surface area contributed by atoms with Gasteiger partial charge in [0.15, 0.2) is 5.96 Å². The summed E-state index contributed by atoms with van der Waals surface area (Å²) in [6.45, 7) is 11.1. The molecule has 0 heterocycles. The van der Waals surface area contributed by atoms with E-state index in [-0.39, 0.29) is 5.54 Å². The molecule has 94 valence electrons. The fourth-order valence-electron chi connectivity index (χ4n) is 1.68. The number of aliphatic imine (C=N–C) groups is 1. The van der Waals surface area contributed by atoms with Gasteiger partial charge in [-0.25, -0.2) is 4.99 Å². The molecule has 3 nitrogen and oxygen atoms in total. The first-order valence-electron chi connectivity index (χ1n) is 6.03. The van der Waals surface area contributed by atoms with Crippen LogP contribution in [0.4, 0.5) is 5.69 Å². The Bertz CT molecular complexity index is 402. The highest BCUT2D eigenvalue weighted by molar-refractivity contribution is 5.95. The second-order valence-electron chi connectivity index (χ2n) is 5.22. The van der Waals surface area contributed by atoms with Gasteiger partial charge in [-0.15, -0.1) is 0 Å². The van der Waals surface area contributed by atoms with E-state index in [1.807, 2.05) is 31.7 Å². The van der Waals surface area contributed by atoms with Crippen LogP contribution in [0.2, 0.25) is 0 Å². The molecule has 0 saturated carbocycles. The summed E-state index contributed by atoms with van der Waals surface area (Å²) in [5.74, 6) is 0.575. The number of nitrogens with two attached hydrogens (primary N) is 1. The largest absolute Gasteiger partial charge is 0.369 e. The zero-order valence-corrected chi connectivity index (χ0v) is 11.5. The lowest BCUT2D eigenvalue weighted by atomic mass is 10.1. The molecule has 0 amide bonds. The Morgan fingerprint density at radius 1 is 1.35 bits per heavy atom. The van der Waals surface area contributed by atoms with E-state index >= 15 is 0 Å². The van der Waals surface area contributed by atoms with Gasteiger partial charge in [0.2, 0.25) is 0 Å². The standard InChI is InChI=1S/C14H23N3/c1-6-17(13(15)16-14(3,4)5)12-9-7-8-11(2)10-12/h7-10H,6H2,1-5H3,(H2,15,16). The molecule has 17 heavy (non-hydrogen) atoms. The summed E-state index contributed by atoms with van der Waals surface area (Å²) in [7, 11) is 0. The lowest BCUT2D eigenvalue weighted by Gasteiger charge is -2.25. The average Bonchev–Trinajstić information content (AvgIpc) is 2.15. The van der Waals surface area contributed by atoms with Crippen molar-refractivity contribution in [3.05, 3.63) is 29.8 Å². The van der Waals surface area contributed by atoms with Crippen molar-refractivity contribution in [2.45, 2.75) is 40.2 Å². The van der Waals surface area contributed by atoms with E-state index in [4.69, 9.17) is 5.73 Å². The van der Waals surface area contributed by atoms with Gasteiger partial charge in [-0.2, -0.15) is 0 Å².